The smallest absolute Gasteiger partial charge is 0.0295 e. The molecule has 0 aliphatic carbocycles. The van der Waals surface area contributed by atoms with Crippen molar-refractivity contribution in [3.05, 3.63) is 41.6 Å². The Hall–Kier alpha value is -1.37. The molecule has 1 aromatic rings. The van der Waals surface area contributed by atoms with Gasteiger partial charge in [-0.05, 0) is 37.3 Å². The minimum Gasteiger partial charge on any atom is -0.272 e. The van der Waals surface area contributed by atoms with Gasteiger partial charge in [0.05, 0.1) is 0 Å². The molecule has 62 valence electrons. The predicted molar refractivity (Wildman–Crippen MR) is 54.4 cm³/mol. The van der Waals surface area contributed by atoms with Gasteiger partial charge in [0.15, 0.2) is 0 Å². The van der Waals surface area contributed by atoms with Crippen molar-refractivity contribution >= 4 is 12.3 Å². The number of allylic oxidation sites excluding steroid dienone is 1. The highest BCUT2D eigenvalue weighted by Gasteiger charge is 1.96. The van der Waals surface area contributed by atoms with E-state index in [4.69, 9.17) is 0 Å². The Balaban J connectivity index is 3.10. The van der Waals surface area contributed by atoms with E-state index in [9.17, 15) is 0 Å². The summed E-state index contributed by atoms with van der Waals surface area (Å²) in [5.74, 6) is 0. The molecule has 0 spiro atoms. The number of nitrogens with zero attached hydrogens (tertiary/aromatic N) is 1. The zero-order valence-corrected chi connectivity index (χ0v) is 7.54. The molecular formula is C11H13N. The fraction of sp³-hybridized carbons (Fsp3) is 0.182. The molecule has 0 saturated carbocycles. The summed E-state index contributed by atoms with van der Waals surface area (Å²) < 4.78 is 0. The van der Waals surface area contributed by atoms with E-state index in [0.29, 0.717) is 0 Å². The van der Waals surface area contributed by atoms with E-state index in [1.54, 1.807) is 6.20 Å². The van der Waals surface area contributed by atoms with Crippen molar-refractivity contribution in [3.8, 4) is 0 Å². The van der Waals surface area contributed by atoms with Gasteiger partial charge in [0, 0.05) is 6.20 Å². The van der Waals surface area contributed by atoms with Crippen molar-refractivity contribution in [1.82, 2.24) is 0 Å². The van der Waals surface area contributed by atoms with Gasteiger partial charge in [-0.3, -0.25) is 4.99 Å². The minimum atomic E-state index is 1.16. The Labute approximate surface area is 73.5 Å². The van der Waals surface area contributed by atoms with Crippen molar-refractivity contribution in [3.63, 3.8) is 0 Å². The lowest BCUT2D eigenvalue weighted by atomic mass is 10.0. The van der Waals surface area contributed by atoms with E-state index in [1.807, 2.05) is 19.1 Å². The first-order chi connectivity index (χ1) is 5.75. The van der Waals surface area contributed by atoms with Gasteiger partial charge in [-0.15, -0.1) is 0 Å². The number of hydrogen-bond acceptors (Lipinski definition) is 1. The minimum absolute atomic E-state index is 1.16. The van der Waals surface area contributed by atoms with Crippen molar-refractivity contribution in [2.75, 3.05) is 0 Å². The normalized spacial score (nSPS) is 11.3. The molecule has 0 aliphatic rings. The number of hydrogen-bond donors (Lipinski definition) is 0. The molecule has 12 heavy (non-hydrogen) atoms. The monoisotopic (exact) mass is 159 g/mol. The van der Waals surface area contributed by atoms with E-state index in [1.165, 1.54) is 11.1 Å². The lowest BCUT2D eigenvalue weighted by Gasteiger charge is -2.03. The summed E-state index contributed by atoms with van der Waals surface area (Å²) in [4.78, 5) is 3.74. The molecular weight excluding hydrogens is 146 g/mol. The third-order valence-electron chi connectivity index (χ3n) is 1.85. The third kappa shape index (κ3) is 1.82. The molecule has 0 unspecified atom stereocenters. The van der Waals surface area contributed by atoms with Crippen LogP contribution >= 0.6 is 0 Å². The van der Waals surface area contributed by atoms with E-state index >= 15 is 0 Å². The van der Waals surface area contributed by atoms with Gasteiger partial charge in [-0.1, -0.05) is 24.3 Å². The van der Waals surface area contributed by atoms with E-state index in [0.717, 1.165) is 5.57 Å². The van der Waals surface area contributed by atoms with Crippen LogP contribution < -0.4 is 0 Å². The summed E-state index contributed by atoms with van der Waals surface area (Å²) in [6.45, 7) is 7.56. The van der Waals surface area contributed by atoms with Crippen LogP contribution in [-0.2, 0) is 0 Å². The maximum atomic E-state index is 3.74. The van der Waals surface area contributed by atoms with Crippen LogP contribution in [0.5, 0.6) is 0 Å². The first-order valence-electron chi connectivity index (χ1n) is 3.94. The van der Waals surface area contributed by atoms with Gasteiger partial charge in [-0.25, -0.2) is 0 Å². The molecule has 0 bridgehead atoms. The van der Waals surface area contributed by atoms with Crippen LogP contribution in [0.2, 0.25) is 0 Å². The average molecular weight is 159 g/mol. The fourth-order valence-electron chi connectivity index (χ4n) is 1.22. The van der Waals surface area contributed by atoms with Gasteiger partial charge < -0.3 is 0 Å². The summed E-state index contributed by atoms with van der Waals surface area (Å²) in [6.07, 6.45) is 1.78. The second-order valence-electron chi connectivity index (χ2n) is 2.81. The van der Waals surface area contributed by atoms with Crippen molar-refractivity contribution in [2.24, 2.45) is 4.99 Å². The highest BCUT2D eigenvalue weighted by molar-refractivity contribution is 5.66. The van der Waals surface area contributed by atoms with Gasteiger partial charge >= 0.3 is 0 Å². The van der Waals surface area contributed by atoms with Crippen LogP contribution in [0.4, 0.5) is 0 Å². The second kappa shape index (κ2) is 3.86. The van der Waals surface area contributed by atoms with Crippen LogP contribution in [0, 0.1) is 6.92 Å². The highest BCUT2D eigenvalue weighted by Crippen LogP contribution is 2.17. The third-order valence-corrected chi connectivity index (χ3v) is 1.85. The van der Waals surface area contributed by atoms with Crippen LogP contribution in [-0.4, -0.2) is 6.72 Å². The van der Waals surface area contributed by atoms with Gasteiger partial charge in [0.25, 0.3) is 0 Å². The summed E-state index contributed by atoms with van der Waals surface area (Å²) in [7, 11) is 0. The average Bonchev–Trinajstić information content (AvgIpc) is 2.05. The first kappa shape index (κ1) is 8.72. The molecule has 1 rings (SSSR count). The van der Waals surface area contributed by atoms with Crippen molar-refractivity contribution < 1.29 is 0 Å². The molecule has 0 heterocycles. The van der Waals surface area contributed by atoms with E-state index < -0.39 is 0 Å². The van der Waals surface area contributed by atoms with Crippen molar-refractivity contribution in [2.45, 2.75) is 13.8 Å². The Morgan fingerprint density at radius 1 is 1.42 bits per heavy atom. The highest BCUT2D eigenvalue weighted by atomic mass is 14.6. The summed E-state index contributed by atoms with van der Waals surface area (Å²) in [5, 5.41) is 0. The Bertz CT molecular complexity index is 311. The molecule has 0 atom stereocenters. The molecule has 0 N–H and O–H groups in total. The molecule has 0 fully saturated rings. The Morgan fingerprint density at radius 3 is 2.67 bits per heavy atom. The largest absolute Gasteiger partial charge is 0.272 e. The zero-order valence-electron chi connectivity index (χ0n) is 7.54. The van der Waals surface area contributed by atoms with Crippen LogP contribution in [0.1, 0.15) is 18.1 Å². The summed E-state index contributed by atoms with van der Waals surface area (Å²) in [6, 6.07) is 8.25. The standard InChI is InChI=1S/C11H13N/c1-9-6-4-5-7-11(9)10(2)8-12-3/h4-8H,3H2,1-2H3/b10-8+. The molecule has 0 saturated heterocycles. The molecule has 0 radical (unpaired) electrons. The molecule has 1 aromatic carbocycles. The fourth-order valence-corrected chi connectivity index (χ4v) is 1.22. The zero-order chi connectivity index (χ0) is 8.97. The van der Waals surface area contributed by atoms with Gasteiger partial charge in [0.1, 0.15) is 0 Å². The first-order valence-corrected chi connectivity index (χ1v) is 3.94. The van der Waals surface area contributed by atoms with Gasteiger partial charge in [-0.2, -0.15) is 0 Å². The van der Waals surface area contributed by atoms with Crippen molar-refractivity contribution in [1.29, 1.82) is 0 Å². The Morgan fingerprint density at radius 2 is 2.08 bits per heavy atom. The lowest BCUT2D eigenvalue weighted by molar-refractivity contribution is 1.40. The number of rotatable bonds is 2. The number of aryl methyl sites for hydroxylation is 1. The topological polar surface area (TPSA) is 12.4 Å². The lowest BCUT2D eigenvalue weighted by Crippen LogP contribution is -1.83. The molecule has 0 aromatic heterocycles. The summed E-state index contributed by atoms with van der Waals surface area (Å²) in [5.41, 5.74) is 3.67. The second-order valence-corrected chi connectivity index (χ2v) is 2.81. The Kier molecular flexibility index (Phi) is 2.81. The maximum absolute atomic E-state index is 3.74. The maximum Gasteiger partial charge on any atom is 0.0295 e. The van der Waals surface area contributed by atoms with E-state index in [2.05, 4.69) is 30.8 Å². The van der Waals surface area contributed by atoms with Crippen LogP contribution in [0.3, 0.4) is 0 Å². The number of benzene rings is 1. The van der Waals surface area contributed by atoms with Crippen LogP contribution in [0.25, 0.3) is 5.57 Å². The molecule has 1 nitrogen and oxygen atoms in total. The van der Waals surface area contributed by atoms with Crippen LogP contribution in [0.15, 0.2) is 35.5 Å². The SMILES string of the molecule is C=N/C=C(\C)c1ccccc1C. The van der Waals surface area contributed by atoms with Gasteiger partial charge in [0.2, 0.25) is 0 Å². The quantitative estimate of drug-likeness (QED) is 0.588. The predicted octanol–water partition coefficient (Wildman–Crippen LogP) is 3.06. The number of aliphatic imine (C=N–C) groups is 1. The molecule has 0 aliphatic heterocycles. The van der Waals surface area contributed by atoms with E-state index in [-0.39, 0.29) is 0 Å². The molecule has 0 amide bonds. The summed E-state index contributed by atoms with van der Waals surface area (Å²) >= 11 is 0. The molecule has 1 heteroatoms.